The van der Waals surface area contributed by atoms with E-state index in [-0.39, 0.29) is 11.7 Å². The van der Waals surface area contributed by atoms with Crippen molar-refractivity contribution in [3.05, 3.63) is 54.1 Å². The van der Waals surface area contributed by atoms with Crippen molar-refractivity contribution in [3.8, 4) is 5.75 Å². The summed E-state index contributed by atoms with van der Waals surface area (Å²) in [7, 11) is 0. The SMILES string of the molecule is CCCCOc1ccc(CC(=O)Nc2ccc(N3CC[C@@H](NCC(C)=O)C3)cc2)cc1. The van der Waals surface area contributed by atoms with Gasteiger partial charge in [0.2, 0.25) is 5.91 Å². The maximum absolute atomic E-state index is 12.4. The van der Waals surface area contributed by atoms with Crippen LogP contribution in [0, 0.1) is 0 Å². The van der Waals surface area contributed by atoms with Gasteiger partial charge in [-0.25, -0.2) is 0 Å². The maximum atomic E-state index is 12.4. The minimum atomic E-state index is -0.0397. The largest absolute Gasteiger partial charge is 0.494 e. The van der Waals surface area contributed by atoms with Gasteiger partial charge in [0.25, 0.3) is 0 Å². The van der Waals surface area contributed by atoms with Crippen LogP contribution >= 0.6 is 0 Å². The zero-order valence-corrected chi connectivity index (χ0v) is 18.5. The molecule has 2 N–H and O–H groups in total. The molecular weight excluding hydrogens is 390 g/mol. The van der Waals surface area contributed by atoms with Gasteiger partial charge in [-0.2, -0.15) is 0 Å². The number of anilines is 2. The number of carbonyl (C=O) groups is 2. The Morgan fingerprint density at radius 1 is 1.10 bits per heavy atom. The zero-order valence-electron chi connectivity index (χ0n) is 18.5. The highest BCUT2D eigenvalue weighted by molar-refractivity contribution is 5.92. The second-order valence-electron chi connectivity index (χ2n) is 8.13. The molecule has 0 unspecified atom stereocenters. The summed E-state index contributed by atoms with van der Waals surface area (Å²) in [5.41, 5.74) is 2.88. The highest BCUT2D eigenvalue weighted by Gasteiger charge is 2.22. The van der Waals surface area contributed by atoms with Gasteiger partial charge in [0.05, 0.1) is 19.6 Å². The number of unbranched alkanes of at least 4 members (excludes halogenated alkanes) is 1. The third-order valence-corrected chi connectivity index (χ3v) is 5.40. The molecule has 0 radical (unpaired) electrons. The minimum absolute atomic E-state index is 0.0397. The number of ether oxygens (including phenoxy) is 1. The molecule has 0 saturated carbocycles. The van der Waals surface area contributed by atoms with Crippen LogP contribution in [-0.2, 0) is 16.0 Å². The lowest BCUT2D eigenvalue weighted by Gasteiger charge is -2.19. The van der Waals surface area contributed by atoms with E-state index in [1.807, 2.05) is 48.5 Å². The lowest BCUT2D eigenvalue weighted by Crippen LogP contribution is -2.35. The van der Waals surface area contributed by atoms with Crippen LogP contribution in [0.2, 0.25) is 0 Å². The predicted molar refractivity (Wildman–Crippen MR) is 125 cm³/mol. The lowest BCUT2D eigenvalue weighted by molar-refractivity contribution is -0.116. The van der Waals surface area contributed by atoms with Crippen LogP contribution in [-0.4, -0.2) is 44.0 Å². The molecule has 1 aliphatic heterocycles. The quantitative estimate of drug-likeness (QED) is 0.538. The molecule has 1 heterocycles. The zero-order chi connectivity index (χ0) is 22.1. The van der Waals surface area contributed by atoms with E-state index in [4.69, 9.17) is 4.74 Å². The number of ketones is 1. The van der Waals surface area contributed by atoms with Crippen molar-refractivity contribution in [3.63, 3.8) is 0 Å². The van der Waals surface area contributed by atoms with E-state index in [0.29, 0.717) is 19.0 Å². The molecule has 1 amide bonds. The summed E-state index contributed by atoms with van der Waals surface area (Å²) in [6.07, 6.45) is 3.50. The molecule has 0 aliphatic carbocycles. The van der Waals surface area contributed by atoms with Gasteiger partial charge in [0.15, 0.2) is 0 Å². The van der Waals surface area contributed by atoms with Gasteiger partial charge in [0.1, 0.15) is 11.5 Å². The molecule has 31 heavy (non-hydrogen) atoms. The molecule has 0 aromatic heterocycles. The van der Waals surface area contributed by atoms with Gasteiger partial charge in [-0.05, 0) is 61.7 Å². The monoisotopic (exact) mass is 423 g/mol. The molecule has 166 valence electrons. The molecule has 1 fully saturated rings. The molecule has 2 aromatic carbocycles. The Hall–Kier alpha value is -2.86. The second kappa shape index (κ2) is 11.5. The number of nitrogens with one attached hydrogen (secondary N) is 2. The van der Waals surface area contributed by atoms with Crippen molar-refractivity contribution in [2.75, 3.05) is 36.5 Å². The summed E-state index contributed by atoms with van der Waals surface area (Å²) in [4.78, 5) is 25.8. The first kappa shape index (κ1) is 22.8. The first-order valence-corrected chi connectivity index (χ1v) is 11.1. The Bertz CT molecular complexity index is 849. The Morgan fingerprint density at radius 3 is 2.52 bits per heavy atom. The summed E-state index contributed by atoms with van der Waals surface area (Å²) in [5, 5.41) is 6.27. The Labute approximate surface area is 185 Å². The van der Waals surface area contributed by atoms with Crippen molar-refractivity contribution in [2.45, 2.75) is 45.6 Å². The first-order chi connectivity index (χ1) is 15.0. The lowest BCUT2D eigenvalue weighted by atomic mass is 10.1. The van der Waals surface area contributed by atoms with Crippen molar-refractivity contribution < 1.29 is 14.3 Å². The number of benzene rings is 2. The van der Waals surface area contributed by atoms with Crippen LogP contribution in [0.15, 0.2) is 48.5 Å². The standard InChI is InChI=1S/C25H33N3O3/c1-3-4-15-31-24-11-5-20(6-12-24)16-25(30)27-21-7-9-23(10-8-21)28-14-13-22(18-28)26-17-19(2)29/h5-12,22,26H,3-4,13-18H2,1-2H3,(H,27,30)/t22-/m1/s1. The maximum Gasteiger partial charge on any atom is 0.228 e. The van der Waals surface area contributed by atoms with Crippen LogP contribution in [0.4, 0.5) is 11.4 Å². The average Bonchev–Trinajstić information content (AvgIpc) is 3.23. The molecule has 1 saturated heterocycles. The Morgan fingerprint density at radius 2 is 1.84 bits per heavy atom. The number of hydrogen-bond donors (Lipinski definition) is 2. The van der Waals surface area contributed by atoms with Gasteiger partial charge in [0, 0.05) is 30.5 Å². The van der Waals surface area contributed by atoms with E-state index in [1.165, 1.54) is 0 Å². The smallest absolute Gasteiger partial charge is 0.228 e. The molecule has 6 nitrogen and oxygen atoms in total. The highest BCUT2D eigenvalue weighted by Crippen LogP contribution is 2.22. The summed E-state index contributed by atoms with van der Waals surface area (Å²) < 4.78 is 5.66. The van der Waals surface area contributed by atoms with Crippen molar-refractivity contribution in [1.29, 1.82) is 0 Å². The van der Waals surface area contributed by atoms with E-state index in [0.717, 1.165) is 61.6 Å². The second-order valence-corrected chi connectivity index (χ2v) is 8.13. The van der Waals surface area contributed by atoms with Crippen LogP contribution < -0.4 is 20.3 Å². The van der Waals surface area contributed by atoms with Crippen LogP contribution in [0.5, 0.6) is 5.75 Å². The van der Waals surface area contributed by atoms with E-state index in [2.05, 4.69) is 22.5 Å². The highest BCUT2D eigenvalue weighted by atomic mass is 16.5. The predicted octanol–water partition coefficient (Wildman–Crippen LogP) is 3.80. The summed E-state index contributed by atoms with van der Waals surface area (Å²) >= 11 is 0. The topological polar surface area (TPSA) is 70.7 Å². The van der Waals surface area contributed by atoms with Crippen LogP contribution in [0.3, 0.4) is 0 Å². The molecule has 3 rings (SSSR count). The fraction of sp³-hybridized carbons (Fsp3) is 0.440. The van der Waals surface area contributed by atoms with Gasteiger partial charge < -0.3 is 20.3 Å². The average molecular weight is 424 g/mol. The molecule has 1 atom stereocenters. The van der Waals surface area contributed by atoms with Gasteiger partial charge >= 0.3 is 0 Å². The fourth-order valence-corrected chi connectivity index (χ4v) is 3.63. The van der Waals surface area contributed by atoms with Crippen molar-refractivity contribution in [1.82, 2.24) is 5.32 Å². The normalized spacial score (nSPS) is 15.7. The van der Waals surface area contributed by atoms with Gasteiger partial charge in [-0.15, -0.1) is 0 Å². The molecule has 0 bridgehead atoms. The molecular formula is C25H33N3O3. The van der Waals surface area contributed by atoms with Crippen molar-refractivity contribution >= 4 is 23.1 Å². The van der Waals surface area contributed by atoms with Crippen LogP contribution in [0.25, 0.3) is 0 Å². The van der Waals surface area contributed by atoms with E-state index in [1.54, 1.807) is 6.92 Å². The minimum Gasteiger partial charge on any atom is -0.494 e. The Balaban J connectivity index is 1.45. The van der Waals surface area contributed by atoms with Gasteiger partial charge in [-0.1, -0.05) is 25.5 Å². The fourth-order valence-electron chi connectivity index (χ4n) is 3.63. The Kier molecular flexibility index (Phi) is 8.47. The van der Waals surface area contributed by atoms with E-state index >= 15 is 0 Å². The number of hydrogen-bond acceptors (Lipinski definition) is 5. The number of amides is 1. The summed E-state index contributed by atoms with van der Waals surface area (Å²) in [6, 6.07) is 16.0. The number of carbonyl (C=O) groups excluding carboxylic acids is 2. The molecule has 6 heteroatoms. The first-order valence-electron chi connectivity index (χ1n) is 11.1. The van der Waals surface area contributed by atoms with Crippen LogP contribution in [0.1, 0.15) is 38.7 Å². The third kappa shape index (κ3) is 7.40. The summed E-state index contributed by atoms with van der Waals surface area (Å²) in [6.45, 7) is 6.73. The van der Waals surface area contributed by atoms with Gasteiger partial charge in [-0.3, -0.25) is 9.59 Å². The molecule has 2 aromatic rings. The number of rotatable bonds is 11. The number of nitrogens with zero attached hydrogens (tertiary/aromatic N) is 1. The summed E-state index contributed by atoms with van der Waals surface area (Å²) in [5.74, 6) is 0.964. The van der Waals surface area contributed by atoms with Crippen molar-refractivity contribution in [2.24, 2.45) is 0 Å². The van der Waals surface area contributed by atoms with E-state index in [9.17, 15) is 9.59 Å². The third-order valence-electron chi connectivity index (χ3n) is 5.40. The molecule has 1 aliphatic rings. The van der Waals surface area contributed by atoms with E-state index < -0.39 is 0 Å². The molecule has 0 spiro atoms. The number of Topliss-reactive ketones (excluding diaryl/α,β-unsaturated/α-hetero) is 1.